The third-order valence-corrected chi connectivity index (χ3v) is 6.05. The molecule has 0 bridgehead atoms. The molecule has 0 aromatic heterocycles. The van der Waals surface area contributed by atoms with Crippen LogP contribution in [0.2, 0.25) is 0 Å². The molecule has 0 fully saturated rings. The molecule has 0 amide bonds. The van der Waals surface area contributed by atoms with Gasteiger partial charge in [0, 0.05) is 11.6 Å². The van der Waals surface area contributed by atoms with Gasteiger partial charge in [0.05, 0.1) is 13.7 Å². The molecule has 30 heavy (non-hydrogen) atoms. The lowest BCUT2D eigenvalue weighted by molar-refractivity contribution is -0.388. The molecule has 3 heteroatoms. The van der Waals surface area contributed by atoms with Crippen LogP contribution in [-0.4, -0.2) is 29.3 Å². The molecule has 0 N–H and O–H groups in total. The van der Waals surface area contributed by atoms with E-state index in [1.165, 1.54) is 35.4 Å². The molecule has 3 aromatic carbocycles. The predicted octanol–water partition coefficient (Wildman–Crippen LogP) is 6.16. The zero-order valence-electron chi connectivity index (χ0n) is 17.4. The minimum atomic E-state index is 0.226. The van der Waals surface area contributed by atoms with Crippen LogP contribution in [0.3, 0.4) is 0 Å². The van der Waals surface area contributed by atoms with E-state index in [0.717, 1.165) is 24.4 Å². The molecule has 1 atom stereocenters. The molecule has 3 nitrogen and oxygen atoms in total. The lowest BCUT2D eigenvalue weighted by Gasteiger charge is -2.19. The van der Waals surface area contributed by atoms with Gasteiger partial charge in [0.15, 0.2) is 17.5 Å². The lowest BCUT2D eigenvalue weighted by atomic mass is 10.0. The van der Waals surface area contributed by atoms with Gasteiger partial charge in [-0.3, -0.25) is 0 Å². The first-order valence-corrected chi connectivity index (χ1v) is 10.7. The minimum Gasteiger partial charge on any atom is -0.492 e. The number of methoxy groups -OCH3 is 1. The fraction of sp³-hybridized carbons (Fsp3) is 0.222. The van der Waals surface area contributed by atoms with Gasteiger partial charge in [-0.25, -0.2) is 4.90 Å². The summed E-state index contributed by atoms with van der Waals surface area (Å²) in [6.45, 7) is 1.07. The first-order valence-electron chi connectivity index (χ1n) is 10.7. The van der Waals surface area contributed by atoms with Gasteiger partial charge in [0.1, 0.15) is 6.21 Å². The topological polar surface area (TPSA) is 15.5 Å². The molecule has 150 valence electrons. The first kappa shape index (κ1) is 18.7. The van der Waals surface area contributed by atoms with E-state index in [0.29, 0.717) is 0 Å². The second-order valence-electron chi connectivity index (χ2n) is 7.88. The number of rotatable bonds is 4. The van der Waals surface area contributed by atoms with E-state index >= 15 is 0 Å². The molecule has 0 saturated carbocycles. The van der Waals surface area contributed by atoms with Gasteiger partial charge in [0.25, 0.3) is 5.82 Å². The summed E-state index contributed by atoms with van der Waals surface area (Å²) in [5, 5.41) is 0. The first-order chi connectivity index (χ1) is 14.8. The Labute approximate surface area is 178 Å². The monoisotopic (exact) mass is 395 g/mol. The van der Waals surface area contributed by atoms with Gasteiger partial charge in [-0.2, -0.15) is 4.58 Å². The number of ether oxygens (including phenoxy) is 1. The summed E-state index contributed by atoms with van der Waals surface area (Å²) in [5.41, 5.74) is 4.93. The van der Waals surface area contributed by atoms with Crippen LogP contribution >= 0.6 is 0 Å². The Hall–Kier alpha value is -3.33. The van der Waals surface area contributed by atoms with Gasteiger partial charge in [0.2, 0.25) is 0 Å². The second-order valence-corrected chi connectivity index (χ2v) is 7.88. The van der Waals surface area contributed by atoms with Crippen molar-refractivity contribution < 1.29 is 9.31 Å². The molecule has 3 aromatic rings. The minimum absolute atomic E-state index is 0.226. The average molecular weight is 396 g/mol. The van der Waals surface area contributed by atoms with Crippen LogP contribution in [0.1, 0.15) is 30.9 Å². The van der Waals surface area contributed by atoms with Gasteiger partial charge in [-0.1, -0.05) is 66.7 Å². The van der Waals surface area contributed by atoms with Crippen LogP contribution in [0, 0.1) is 0 Å². The lowest BCUT2D eigenvalue weighted by Crippen LogP contribution is -2.25. The van der Waals surface area contributed by atoms with E-state index in [-0.39, 0.29) is 6.04 Å². The highest BCUT2D eigenvalue weighted by Gasteiger charge is 2.40. The predicted molar refractivity (Wildman–Crippen MR) is 122 cm³/mol. The van der Waals surface area contributed by atoms with Crippen molar-refractivity contribution in [2.45, 2.75) is 25.3 Å². The SMILES string of the molecule is COc1ccccc1[N+]1=CC(c2ccc(-c3ccccc3)cc2)N2CCCCC=C21. The maximum Gasteiger partial charge on any atom is 0.278 e. The number of hydrogen-bond acceptors (Lipinski definition) is 2. The number of para-hydroxylation sites is 2. The fourth-order valence-electron chi connectivity index (χ4n) is 4.51. The van der Waals surface area contributed by atoms with Crippen molar-refractivity contribution in [1.82, 2.24) is 4.90 Å². The largest absolute Gasteiger partial charge is 0.492 e. The Morgan fingerprint density at radius 2 is 1.57 bits per heavy atom. The van der Waals surface area contributed by atoms with Crippen LogP contribution in [0.4, 0.5) is 5.69 Å². The van der Waals surface area contributed by atoms with Crippen molar-refractivity contribution in [2.24, 2.45) is 0 Å². The molecule has 0 spiro atoms. The molecule has 2 heterocycles. The Morgan fingerprint density at radius 3 is 2.37 bits per heavy atom. The average Bonchev–Trinajstić information content (AvgIpc) is 3.00. The van der Waals surface area contributed by atoms with Crippen molar-refractivity contribution in [3.05, 3.63) is 96.3 Å². The van der Waals surface area contributed by atoms with E-state index in [9.17, 15) is 0 Å². The van der Waals surface area contributed by atoms with Crippen LogP contribution in [-0.2, 0) is 0 Å². The summed E-state index contributed by atoms with van der Waals surface area (Å²) in [4.78, 5) is 2.54. The van der Waals surface area contributed by atoms with E-state index in [1.807, 2.05) is 12.1 Å². The summed E-state index contributed by atoms with van der Waals surface area (Å²) in [6, 6.07) is 28.1. The molecule has 0 aliphatic carbocycles. The summed E-state index contributed by atoms with van der Waals surface area (Å²) in [5.74, 6) is 2.17. The van der Waals surface area contributed by atoms with Crippen LogP contribution in [0.5, 0.6) is 5.75 Å². The fourth-order valence-corrected chi connectivity index (χ4v) is 4.51. The van der Waals surface area contributed by atoms with Crippen molar-refractivity contribution in [3.63, 3.8) is 0 Å². The van der Waals surface area contributed by atoms with E-state index < -0.39 is 0 Å². The van der Waals surface area contributed by atoms with Gasteiger partial charge in [-0.15, -0.1) is 0 Å². The van der Waals surface area contributed by atoms with E-state index in [4.69, 9.17) is 4.74 Å². The van der Waals surface area contributed by atoms with Gasteiger partial charge in [-0.05, 0) is 42.5 Å². The highest BCUT2D eigenvalue weighted by atomic mass is 16.5. The number of hydrogen-bond donors (Lipinski definition) is 0. The normalized spacial score (nSPS) is 18.3. The van der Waals surface area contributed by atoms with Crippen LogP contribution in [0.25, 0.3) is 11.1 Å². The highest BCUT2D eigenvalue weighted by molar-refractivity contribution is 5.70. The molecular formula is C27H27N2O+. The van der Waals surface area contributed by atoms with Gasteiger partial charge < -0.3 is 4.74 Å². The zero-order chi connectivity index (χ0) is 20.3. The maximum atomic E-state index is 5.67. The smallest absolute Gasteiger partial charge is 0.278 e. The number of nitrogens with zero attached hydrogens (tertiary/aromatic N) is 2. The molecular weight excluding hydrogens is 368 g/mol. The Kier molecular flexibility index (Phi) is 5.10. The summed E-state index contributed by atoms with van der Waals surface area (Å²) in [7, 11) is 1.74. The summed E-state index contributed by atoms with van der Waals surface area (Å²) < 4.78 is 7.99. The number of fused-ring (bicyclic) bond motifs is 1. The molecule has 0 radical (unpaired) electrons. The third-order valence-electron chi connectivity index (χ3n) is 6.05. The van der Waals surface area contributed by atoms with Crippen molar-refractivity contribution in [1.29, 1.82) is 0 Å². The van der Waals surface area contributed by atoms with Crippen molar-refractivity contribution in [3.8, 4) is 16.9 Å². The quantitative estimate of drug-likeness (QED) is 0.492. The number of benzene rings is 3. The molecule has 2 aliphatic heterocycles. The third kappa shape index (κ3) is 3.41. The van der Waals surface area contributed by atoms with Crippen molar-refractivity contribution in [2.75, 3.05) is 13.7 Å². The standard InChI is InChI=1S/C27H27N2O/c1-30-26-13-8-7-12-24(26)29-20-25(28-19-9-3-6-14-27(28)29)23-17-15-22(16-18-23)21-10-4-2-5-11-21/h2,4-5,7-8,10-18,20,25H,3,6,9,19H2,1H3/q+1. The van der Waals surface area contributed by atoms with Crippen LogP contribution < -0.4 is 4.74 Å². The molecule has 5 rings (SSSR count). The van der Waals surface area contributed by atoms with E-state index in [2.05, 4.69) is 88.5 Å². The van der Waals surface area contributed by atoms with Crippen LogP contribution in [0.15, 0.2) is 90.8 Å². The second kappa shape index (κ2) is 8.19. The summed E-state index contributed by atoms with van der Waals surface area (Å²) >= 11 is 0. The Morgan fingerprint density at radius 1 is 0.833 bits per heavy atom. The molecule has 1 unspecified atom stereocenters. The van der Waals surface area contributed by atoms with Crippen molar-refractivity contribution >= 4 is 11.9 Å². The van der Waals surface area contributed by atoms with Gasteiger partial charge >= 0.3 is 0 Å². The molecule has 2 aliphatic rings. The number of allylic oxidation sites excluding steroid dienone is 1. The Bertz CT molecular complexity index is 1080. The maximum absolute atomic E-state index is 5.67. The zero-order valence-corrected chi connectivity index (χ0v) is 17.4. The summed E-state index contributed by atoms with van der Waals surface area (Å²) in [6.07, 6.45) is 8.29. The molecule has 0 saturated heterocycles. The van der Waals surface area contributed by atoms with E-state index in [1.54, 1.807) is 7.11 Å². The Balaban J connectivity index is 1.55. The highest BCUT2D eigenvalue weighted by Crippen LogP contribution is 2.39.